The molecule has 1 heterocycles. The Hall–Kier alpha value is -1.59. The Balaban J connectivity index is 1.83. The average Bonchev–Trinajstić information content (AvgIpc) is 2.65. The minimum Gasteiger partial charge on any atom is -0.507 e. The van der Waals surface area contributed by atoms with Crippen LogP contribution in [-0.2, 0) is 4.74 Å². The maximum absolute atomic E-state index is 13.2. The number of carbonyl (C=O) groups excluding carboxylic acids is 1. The van der Waals surface area contributed by atoms with Crippen LogP contribution in [-0.4, -0.2) is 53.4 Å². The van der Waals surface area contributed by atoms with E-state index in [1.807, 2.05) is 30.9 Å². The van der Waals surface area contributed by atoms with Gasteiger partial charge in [0.2, 0.25) is 0 Å². The van der Waals surface area contributed by atoms with Crippen LogP contribution in [0.4, 0.5) is 0 Å². The Labute approximate surface area is 162 Å². The number of phenols is 1. The van der Waals surface area contributed by atoms with Crippen LogP contribution in [0.15, 0.2) is 12.1 Å². The molecule has 1 spiro atoms. The number of hydrogen-bond donors (Lipinski definition) is 2. The molecule has 2 atom stereocenters. The maximum Gasteiger partial charge on any atom is 0.257 e. The first kappa shape index (κ1) is 20.2. The summed E-state index contributed by atoms with van der Waals surface area (Å²) in [6.07, 6.45) is 1.89. The molecule has 5 nitrogen and oxygen atoms in total. The Morgan fingerprint density at radius 2 is 1.81 bits per heavy atom. The van der Waals surface area contributed by atoms with Crippen LogP contribution >= 0.6 is 0 Å². The maximum atomic E-state index is 13.2. The minimum atomic E-state index is -0.343. The summed E-state index contributed by atoms with van der Waals surface area (Å²) in [5, 5.41) is 21.0. The lowest BCUT2D eigenvalue weighted by atomic mass is 9.58. The highest BCUT2D eigenvalue weighted by Gasteiger charge is 2.56. The number of piperidine rings is 1. The number of aliphatic hydroxyl groups excluding tert-OH is 1. The van der Waals surface area contributed by atoms with Crippen molar-refractivity contribution in [2.45, 2.75) is 71.0 Å². The predicted molar refractivity (Wildman–Crippen MR) is 105 cm³/mol. The van der Waals surface area contributed by atoms with E-state index in [4.69, 9.17) is 4.74 Å². The van der Waals surface area contributed by atoms with Gasteiger partial charge in [0.05, 0.1) is 17.8 Å². The first-order chi connectivity index (χ1) is 12.7. The summed E-state index contributed by atoms with van der Waals surface area (Å²) in [7, 11) is 1.69. The van der Waals surface area contributed by atoms with Crippen LogP contribution in [0.2, 0.25) is 0 Å². The molecule has 3 rings (SSSR count). The van der Waals surface area contributed by atoms with E-state index >= 15 is 0 Å². The highest BCUT2D eigenvalue weighted by molar-refractivity contribution is 5.97. The molecule has 0 radical (unpaired) electrons. The lowest BCUT2D eigenvalue weighted by molar-refractivity contribution is -0.199. The van der Waals surface area contributed by atoms with Gasteiger partial charge < -0.3 is 19.8 Å². The fourth-order valence-electron chi connectivity index (χ4n) is 4.63. The molecule has 0 unspecified atom stereocenters. The van der Waals surface area contributed by atoms with Crippen molar-refractivity contribution < 1.29 is 19.7 Å². The number of rotatable bonds is 4. The van der Waals surface area contributed by atoms with Crippen molar-refractivity contribution >= 4 is 5.91 Å². The van der Waals surface area contributed by atoms with Gasteiger partial charge in [0, 0.05) is 32.0 Å². The molecular weight excluding hydrogens is 342 g/mol. The van der Waals surface area contributed by atoms with Crippen molar-refractivity contribution in [3.63, 3.8) is 0 Å². The third kappa shape index (κ3) is 3.36. The standard InChI is InChI=1S/C22H33NO4/c1-13(2)15-10-16(14(3)4)20(25)17(11-15)21(26)23-8-6-22(7-9-23)18(24)12-19(22)27-5/h10-11,13-14,18-19,24-25H,6-9,12H2,1-5H3/t18-,19+/m0/s1. The van der Waals surface area contributed by atoms with E-state index in [-0.39, 0.29) is 41.1 Å². The molecule has 1 saturated carbocycles. The van der Waals surface area contributed by atoms with Crippen molar-refractivity contribution in [3.8, 4) is 5.75 Å². The lowest BCUT2D eigenvalue weighted by Crippen LogP contribution is -2.62. The number of aliphatic hydroxyl groups is 1. The molecule has 1 saturated heterocycles. The molecule has 1 aromatic carbocycles. The summed E-state index contributed by atoms with van der Waals surface area (Å²) in [5.41, 5.74) is 2.09. The number of ether oxygens (including phenoxy) is 1. The van der Waals surface area contributed by atoms with Gasteiger partial charge in [-0.1, -0.05) is 33.8 Å². The highest BCUT2D eigenvalue weighted by atomic mass is 16.5. The number of hydrogen-bond acceptors (Lipinski definition) is 4. The predicted octanol–water partition coefficient (Wildman–Crippen LogP) is 3.64. The third-order valence-electron chi connectivity index (χ3n) is 6.69. The molecule has 1 aliphatic heterocycles. The molecule has 2 fully saturated rings. The van der Waals surface area contributed by atoms with Crippen LogP contribution in [0.1, 0.15) is 80.3 Å². The van der Waals surface area contributed by atoms with Crippen molar-refractivity contribution in [1.29, 1.82) is 0 Å². The fourth-order valence-corrected chi connectivity index (χ4v) is 4.63. The molecule has 1 amide bonds. The zero-order chi connectivity index (χ0) is 19.9. The molecule has 1 aliphatic carbocycles. The largest absolute Gasteiger partial charge is 0.507 e. The zero-order valence-corrected chi connectivity index (χ0v) is 17.2. The topological polar surface area (TPSA) is 70.0 Å². The van der Waals surface area contributed by atoms with Crippen molar-refractivity contribution in [3.05, 3.63) is 28.8 Å². The Bertz CT molecular complexity index is 705. The molecule has 0 aromatic heterocycles. The number of likely N-dealkylation sites (tertiary alicyclic amines) is 1. The van der Waals surface area contributed by atoms with E-state index in [0.717, 1.165) is 24.0 Å². The van der Waals surface area contributed by atoms with Gasteiger partial charge in [-0.3, -0.25) is 4.79 Å². The van der Waals surface area contributed by atoms with E-state index in [1.54, 1.807) is 7.11 Å². The number of benzene rings is 1. The first-order valence-corrected chi connectivity index (χ1v) is 10.1. The Morgan fingerprint density at radius 3 is 2.30 bits per heavy atom. The summed E-state index contributed by atoms with van der Waals surface area (Å²) in [5.74, 6) is 0.423. The van der Waals surface area contributed by atoms with Crippen LogP contribution < -0.4 is 0 Å². The lowest BCUT2D eigenvalue weighted by Gasteiger charge is -2.56. The molecule has 5 heteroatoms. The van der Waals surface area contributed by atoms with Gasteiger partial charge >= 0.3 is 0 Å². The zero-order valence-electron chi connectivity index (χ0n) is 17.2. The summed E-state index contributed by atoms with van der Waals surface area (Å²) >= 11 is 0. The molecule has 1 aromatic rings. The number of phenolic OH excluding ortho intramolecular Hbond substituents is 1. The van der Waals surface area contributed by atoms with Gasteiger partial charge in [-0.05, 0) is 41.9 Å². The van der Waals surface area contributed by atoms with E-state index in [9.17, 15) is 15.0 Å². The minimum absolute atomic E-state index is 0.0787. The summed E-state index contributed by atoms with van der Waals surface area (Å²) in [6, 6.07) is 3.86. The number of amides is 1. The van der Waals surface area contributed by atoms with Gasteiger partial charge in [0.1, 0.15) is 5.75 Å². The van der Waals surface area contributed by atoms with Crippen LogP contribution in [0.25, 0.3) is 0 Å². The SMILES string of the molecule is CO[C@@H]1C[C@H](O)C12CCN(C(=O)c1cc(C(C)C)cc(C(C)C)c1O)CC2. The second-order valence-corrected chi connectivity index (χ2v) is 8.82. The summed E-state index contributed by atoms with van der Waals surface area (Å²) in [6.45, 7) is 9.41. The number of nitrogens with zero attached hydrogens (tertiary/aromatic N) is 1. The van der Waals surface area contributed by atoms with Crippen molar-refractivity contribution in [2.75, 3.05) is 20.2 Å². The molecule has 2 aliphatic rings. The van der Waals surface area contributed by atoms with E-state index in [2.05, 4.69) is 13.8 Å². The van der Waals surface area contributed by atoms with Gasteiger partial charge in [0.25, 0.3) is 5.91 Å². The van der Waals surface area contributed by atoms with Crippen LogP contribution in [0.3, 0.4) is 0 Å². The Kier molecular flexibility index (Phi) is 5.55. The third-order valence-corrected chi connectivity index (χ3v) is 6.69. The molecule has 2 N–H and O–H groups in total. The number of aromatic hydroxyl groups is 1. The molecule has 0 bridgehead atoms. The van der Waals surface area contributed by atoms with Gasteiger partial charge in [-0.15, -0.1) is 0 Å². The van der Waals surface area contributed by atoms with E-state index < -0.39 is 0 Å². The quantitative estimate of drug-likeness (QED) is 0.843. The number of methoxy groups -OCH3 is 1. The molecular formula is C22H33NO4. The summed E-state index contributed by atoms with van der Waals surface area (Å²) < 4.78 is 5.53. The molecule has 27 heavy (non-hydrogen) atoms. The second kappa shape index (κ2) is 7.44. The van der Waals surface area contributed by atoms with Gasteiger partial charge in [-0.25, -0.2) is 0 Å². The van der Waals surface area contributed by atoms with Crippen molar-refractivity contribution in [2.24, 2.45) is 5.41 Å². The monoisotopic (exact) mass is 375 g/mol. The van der Waals surface area contributed by atoms with Crippen LogP contribution in [0, 0.1) is 5.41 Å². The second-order valence-electron chi connectivity index (χ2n) is 8.82. The van der Waals surface area contributed by atoms with Crippen molar-refractivity contribution in [1.82, 2.24) is 4.90 Å². The fraction of sp³-hybridized carbons (Fsp3) is 0.682. The Morgan fingerprint density at radius 1 is 1.19 bits per heavy atom. The first-order valence-electron chi connectivity index (χ1n) is 10.1. The average molecular weight is 376 g/mol. The van der Waals surface area contributed by atoms with Gasteiger partial charge in [0.15, 0.2) is 0 Å². The normalized spacial score (nSPS) is 24.5. The molecule has 150 valence electrons. The van der Waals surface area contributed by atoms with Gasteiger partial charge in [-0.2, -0.15) is 0 Å². The smallest absolute Gasteiger partial charge is 0.257 e. The number of carbonyl (C=O) groups is 1. The highest BCUT2D eigenvalue weighted by Crippen LogP contribution is 2.51. The van der Waals surface area contributed by atoms with E-state index in [1.165, 1.54) is 0 Å². The van der Waals surface area contributed by atoms with E-state index in [0.29, 0.717) is 25.1 Å². The summed E-state index contributed by atoms with van der Waals surface area (Å²) in [4.78, 5) is 15.0. The van der Waals surface area contributed by atoms with Crippen LogP contribution in [0.5, 0.6) is 5.75 Å².